The Kier molecular flexibility index (Phi) is 4.90. The number of hydrogen-bond donors (Lipinski definition) is 2. The standard InChI is InChI=1S/C10H15N3O4S/c1-2-17-10(14)5-6-18(15,16)13-9-4-3-8(11)7-12-9/h3-4,7H,2,5-6,11H2,1H3,(H,12,13). The van der Waals surface area contributed by atoms with E-state index in [1.807, 2.05) is 0 Å². The van der Waals surface area contributed by atoms with E-state index >= 15 is 0 Å². The summed E-state index contributed by atoms with van der Waals surface area (Å²) in [6, 6.07) is 2.97. The Morgan fingerprint density at radius 1 is 1.50 bits per heavy atom. The third kappa shape index (κ3) is 5.00. The van der Waals surface area contributed by atoms with Crippen LogP contribution in [0.4, 0.5) is 11.5 Å². The highest BCUT2D eigenvalue weighted by Crippen LogP contribution is 2.08. The van der Waals surface area contributed by atoms with Crippen molar-refractivity contribution in [1.29, 1.82) is 0 Å². The van der Waals surface area contributed by atoms with Gasteiger partial charge in [-0.25, -0.2) is 13.4 Å². The molecule has 0 bridgehead atoms. The summed E-state index contributed by atoms with van der Waals surface area (Å²) >= 11 is 0. The Morgan fingerprint density at radius 2 is 2.22 bits per heavy atom. The number of nitrogens with two attached hydrogens (primary N) is 1. The van der Waals surface area contributed by atoms with Gasteiger partial charge < -0.3 is 10.5 Å². The maximum Gasteiger partial charge on any atom is 0.306 e. The van der Waals surface area contributed by atoms with Gasteiger partial charge in [-0.1, -0.05) is 0 Å². The zero-order valence-corrected chi connectivity index (χ0v) is 10.7. The van der Waals surface area contributed by atoms with E-state index in [1.54, 1.807) is 6.92 Å². The average molecular weight is 273 g/mol. The van der Waals surface area contributed by atoms with Gasteiger partial charge in [0.2, 0.25) is 10.0 Å². The van der Waals surface area contributed by atoms with Crippen LogP contribution in [-0.2, 0) is 19.6 Å². The van der Waals surface area contributed by atoms with Crippen LogP contribution in [0.15, 0.2) is 18.3 Å². The largest absolute Gasteiger partial charge is 0.466 e. The molecule has 0 atom stereocenters. The van der Waals surface area contributed by atoms with Gasteiger partial charge in [-0.2, -0.15) is 0 Å². The van der Waals surface area contributed by atoms with Crippen LogP contribution in [-0.4, -0.2) is 31.7 Å². The highest BCUT2D eigenvalue weighted by atomic mass is 32.2. The molecule has 1 rings (SSSR count). The number of nitrogens with one attached hydrogen (secondary N) is 1. The van der Waals surface area contributed by atoms with Crippen molar-refractivity contribution in [3.05, 3.63) is 18.3 Å². The van der Waals surface area contributed by atoms with Crippen LogP contribution >= 0.6 is 0 Å². The Hall–Kier alpha value is -1.83. The Bertz CT molecular complexity index is 498. The van der Waals surface area contributed by atoms with Crippen molar-refractivity contribution in [3.63, 3.8) is 0 Å². The number of anilines is 2. The topological polar surface area (TPSA) is 111 Å². The molecular weight excluding hydrogens is 258 g/mol. The van der Waals surface area contributed by atoms with E-state index < -0.39 is 16.0 Å². The number of nitrogens with zero attached hydrogens (tertiary/aromatic N) is 1. The molecule has 1 heterocycles. The molecule has 0 aliphatic heterocycles. The predicted octanol–water partition coefficient (Wildman–Crippen LogP) is 0.359. The summed E-state index contributed by atoms with van der Waals surface area (Å²) in [7, 11) is -3.62. The number of aromatic nitrogens is 1. The van der Waals surface area contributed by atoms with Gasteiger partial charge in [0.05, 0.1) is 30.7 Å². The van der Waals surface area contributed by atoms with Crippen LogP contribution in [0.25, 0.3) is 0 Å². The minimum Gasteiger partial charge on any atom is -0.466 e. The fraction of sp³-hybridized carbons (Fsp3) is 0.400. The maximum atomic E-state index is 11.6. The zero-order chi connectivity index (χ0) is 13.6. The summed E-state index contributed by atoms with van der Waals surface area (Å²) in [5.74, 6) is -0.737. The monoisotopic (exact) mass is 273 g/mol. The molecule has 18 heavy (non-hydrogen) atoms. The van der Waals surface area contributed by atoms with Gasteiger partial charge in [-0.15, -0.1) is 0 Å². The second-order valence-corrected chi connectivity index (χ2v) is 5.29. The molecule has 0 aromatic carbocycles. The number of hydrogen-bond acceptors (Lipinski definition) is 6. The number of carbonyl (C=O) groups excluding carboxylic acids is 1. The van der Waals surface area contributed by atoms with Gasteiger partial charge in [-0.05, 0) is 19.1 Å². The second kappa shape index (κ2) is 6.20. The zero-order valence-electron chi connectivity index (χ0n) is 9.92. The molecule has 7 nitrogen and oxygen atoms in total. The SMILES string of the molecule is CCOC(=O)CCS(=O)(=O)Nc1ccc(N)cn1. The summed E-state index contributed by atoms with van der Waals surface area (Å²) in [6.45, 7) is 1.88. The first-order chi connectivity index (χ1) is 8.43. The van der Waals surface area contributed by atoms with Crippen LogP contribution in [0.2, 0.25) is 0 Å². The number of nitrogen functional groups attached to an aromatic ring is 1. The number of ether oxygens (including phenoxy) is 1. The number of pyridine rings is 1. The molecule has 0 aliphatic carbocycles. The average Bonchev–Trinajstić information content (AvgIpc) is 2.30. The van der Waals surface area contributed by atoms with E-state index in [4.69, 9.17) is 5.73 Å². The Morgan fingerprint density at radius 3 is 2.78 bits per heavy atom. The molecule has 0 fully saturated rings. The van der Waals surface area contributed by atoms with Crippen LogP contribution in [0, 0.1) is 0 Å². The molecule has 0 saturated carbocycles. The molecule has 0 unspecified atom stereocenters. The number of rotatable bonds is 6. The second-order valence-electron chi connectivity index (χ2n) is 3.45. The van der Waals surface area contributed by atoms with Gasteiger partial charge in [0.15, 0.2) is 0 Å². The summed E-state index contributed by atoms with van der Waals surface area (Å²) < 4.78 is 30.1. The van der Waals surface area contributed by atoms with Crippen LogP contribution < -0.4 is 10.5 Å². The summed E-state index contributed by atoms with van der Waals surface area (Å²) in [5, 5.41) is 0. The minimum absolute atomic E-state index is 0.160. The molecule has 0 saturated heterocycles. The van der Waals surface area contributed by atoms with E-state index in [9.17, 15) is 13.2 Å². The van der Waals surface area contributed by atoms with E-state index in [0.717, 1.165) is 0 Å². The number of esters is 1. The van der Waals surface area contributed by atoms with Crippen molar-refractivity contribution < 1.29 is 17.9 Å². The first-order valence-corrected chi connectivity index (χ1v) is 6.96. The van der Waals surface area contributed by atoms with Crippen molar-refractivity contribution in [2.24, 2.45) is 0 Å². The van der Waals surface area contributed by atoms with E-state index in [0.29, 0.717) is 5.69 Å². The van der Waals surface area contributed by atoms with Crippen molar-refractivity contribution in [3.8, 4) is 0 Å². The van der Waals surface area contributed by atoms with Crippen molar-refractivity contribution in [2.45, 2.75) is 13.3 Å². The number of carbonyl (C=O) groups is 1. The quantitative estimate of drug-likeness (QED) is 0.724. The van der Waals surface area contributed by atoms with Crippen molar-refractivity contribution in [2.75, 3.05) is 22.8 Å². The predicted molar refractivity (Wildman–Crippen MR) is 67.3 cm³/mol. The Balaban J connectivity index is 2.54. The van der Waals surface area contributed by atoms with Crippen LogP contribution in [0.1, 0.15) is 13.3 Å². The van der Waals surface area contributed by atoms with Crippen molar-refractivity contribution in [1.82, 2.24) is 4.98 Å². The van der Waals surface area contributed by atoms with Gasteiger partial charge in [0.25, 0.3) is 0 Å². The van der Waals surface area contributed by atoms with E-state index in [-0.39, 0.29) is 24.6 Å². The van der Waals surface area contributed by atoms with E-state index in [1.165, 1.54) is 18.3 Å². The smallest absolute Gasteiger partial charge is 0.306 e. The molecule has 8 heteroatoms. The van der Waals surface area contributed by atoms with Gasteiger partial charge >= 0.3 is 5.97 Å². The molecule has 0 radical (unpaired) electrons. The molecule has 1 aromatic rings. The lowest BCUT2D eigenvalue weighted by Gasteiger charge is -2.07. The maximum absolute atomic E-state index is 11.6. The Labute approximate surface area is 105 Å². The van der Waals surface area contributed by atoms with Crippen LogP contribution in [0.5, 0.6) is 0 Å². The molecule has 3 N–H and O–H groups in total. The normalized spacial score (nSPS) is 10.9. The fourth-order valence-electron chi connectivity index (χ4n) is 1.13. The highest BCUT2D eigenvalue weighted by molar-refractivity contribution is 7.92. The third-order valence-corrected chi connectivity index (χ3v) is 3.19. The van der Waals surface area contributed by atoms with Crippen molar-refractivity contribution >= 4 is 27.5 Å². The number of sulfonamides is 1. The van der Waals surface area contributed by atoms with Gasteiger partial charge in [0.1, 0.15) is 5.82 Å². The fourth-order valence-corrected chi connectivity index (χ4v) is 2.10. The first kappa shape index (κ1) is 14.2. The molecule has 0 aliphatic rings. The molecule has 100 valence electrons. The summed E-state index contributed by atoms with van der Waals surface area (Å²) in [4.78, 5) is 14.8. The minimum atomic E-state index is -3.62. The lowest BCUT2D eigenvalue weighted by Crippen LogP contribution is -2.20. The van der Waals surface area contributed by atoms with Crippen LogP contribution in [0.3, 0.4) is 0 Å². The van der Waals surface area contributed by atoms with Gasteiger partial charge in [-0.3, -0.25) is 9.52 Å². The third-order valence-electron chi connectivity index (χ3n) is 1.93. The molecule has 1 aromatic heterocycles. The summed E-state index contributed by atoms with van der Waals surface area (Å²) in [6.07, 6.45) is 1.14. The first-order valence-electron chi connectivity index (χ1n) is 5.30. The molecule has 0 amide bonds. The lowest BCUT2D eigenvalue weighted by atomic mass is 10.4. The van der Waals surface area contributed by atoms with E-state index in [2.05, 4.69) is 14.4 Å². The highest BCUT2D eigenvalue weighted by Gasteiger charge is 2.14. The summed E-state index contributed by atoms with van der Waals surface area (Å²) in [5.41, 5.74) is 5.86. The molecular formula is C10H15N3O4S. The lowest BCUT2D eigenvalue weighted by molar-refractivity contribution is -0.142. The molecule has 0 spiro atoms. The van der Waals surface area contributed by atoms with Gasteiger partial charge in [0, 0.05) is 0 Å².